The molecule has 0 atom stereocenters. The first kappa shape index (κ1) is 9.02. The van der Waals surface area contributed by atoms with Crippen LogP contribution in [-0.2, 0) is 10.7 Å². The van der Waals surface area contributed by atoms with Crippen LogP contribution in [-0.4, -0.2) is 8.42 Å². The lowest BCUT2D eigenvalue weighted by molar-refractivity contribution is 0.582. The van der Waals surface area contributed by atoms with Crippen LogP contribution in [0.3, 0.4) is 0 Å². The van der Waals surface area contributed by atoms with Crippen molar-refractivity contribution in [2.75, 3.05) is 0 Å². The number of thiol groups is 1. The number of hydrogen-bond acceptors (Lipinski definition) is 3. The Morgan fingerprint density at radius 1 is 1.07 bits per heavy atom. The van der Waals surface area contributed by atoms with E-state index in [-0.39, 0.29) is 0 Å². The maximum Gasteiger partial charge on any atom is 0.168 e. The molecule has 0 aliphatic rings. The summed E-state index contributed by atoms with van der Waals surface area (Å²) in [5, 5.41) is 0. The van der Waals surface area contributed by atoms with E-state index in [9.17, 15) is 8.42 Å². The first-order valence-electron chi connectivity index (χ1n) is 4.06. The highest BCUT2D eigenvalue weighted by Gasteiger charge is 2.02. The number of rotatable bonds is 2. The predicted octanol–water partition coefficient (Wildman–Crippen LogP) is 1.92. The molecule has 0 fully saturated rings. The highest BCUT2D eigenvalue weighted by atomic mass is 32.2. The van der Waals surface area contributed by atoms with Gasteiger partial charge in [0.05, 0.1) is 11.2 Å². The molecule has 2 aromatic rings. The summed E-state index contributed by atoms with van der Waals surface area (Å²) in [6.45, 7) is 0. The average molecular weight is 208 g/mol. The summed E-state index contributed by atoms with van der Waals surface area (Å²) < 4.78 is 26.6. The van der Waals surface area contributed by atoms with Crippen molar-refractivity contribution < 1.29 is 12.8 Å². The zero-order chi connectivity index (χ0) is 9.97. The van der Waals surface area contributed by atoms with Crippen LogP contribution in [0.1, 0.15) is 0 Å². The molecule has 14 heavy (non-hydrogen) atoms. The van der Waals surface area contributed by atoms with Gasteiger partial charge in [0.25, 0.3) is 0 Å². The first-order valence-corrected chi connectivity index (χ1v) is 5.23. The molecule has 0 radical (unpaired) electrons. The van der Waals surface area contributed by atoms with E-state index >= 15 is 0 Å². The average Bonchev–Trinajstić information content (AvgIpc) is 2.71. The molecule has 3 nitrogen and oxygen atoms in total. The second-order valence-electron chi connectivity index (χ2n) is 2.78. The fraction of sp³-hybridized carbons (Fsp3) is 0. The molecule has 1 heterocycles. The molecule has 0 amide bonds. The largest absolute Gasteiger partial charge is 0.464 e. The summed E-state index contributed by atoms with van der Waals surface area (Å²) in [5.41, 5.74) is 0.770. The molecule has 0 aliphatic carbocycles. The fourth-order valence-corrected chi connectivity index (χ4v) is 1.67. The van der Waals surface area contributed by atoms with Gasteiger partial charge in [-0.25, -0.2) is 8.42 Å². The van der Waals surface area contributed by atoms with Crippen molar-refractivity contribution in [3.05, 3.63) is 42.7 Å². The summed E-state index contributed by atoms with van der Waals surface area (Å²) in [6.07, 6.45) is 1.55. The second-order valence-corrected chi connectivity index (χ2v) is 3.82. The molecule has 1 aromatic heterocycles. The molecular weight excluding hydrogens is 200 g/mol. The van der Waals surface area contributed by atoms with Gasteiger partial charge >= 0.3 is 0 Å². The Kier molecular flexibility index (Phi) is 2.37. The second kappa shape index (κ2) is 3.67. The number of furan rings is 1. The molecular formula is C10H8O3S. The zero-order valence-corrected chi connectivity index (χ0v) is 8.11. The van der Waals surface area contributed by atoms with E-state index < -0.39 is 10.7 Å². The minimum atomic E-state index is -2.53. The fourth-order valence-electron chi connectivity index (χ4n) is 1.22. The van der Waals surface area contributed by atoms with E-state index in [4.69, 9.17) is 4.42 Å². The maximum atomic E-state index is 10.7. The standard InChI is InChI=1S/C10H8O3S/c11-14(12)9-4-1-3-8(7-9)10-5-2-6-13-10/h1-7,14H. The van der Waals surface area contributed by atoms with E-state index in [0.29, 0.717) is 10.7 Å². The van der Waals surface area contributed by atoms with Gasteiger partial charge in [-0.1, -0.05) is 12.1 Å². The molecule has 0 saturated carbocycles. The van der Waals surface area contributed by atoms with Crippen molar-refractivity contribution in [2.45, 2.75) is 4.90 Å². The Morgan fingerprint density at radius 3 is 2.57 bits per heavy atom. The topological polar surface area (TPSA) is 47.3 Å². The molecule has 0 bridgehead atoms. The van der Waals surface area contributed by atoms with E-state index in [1.807, 2.05) is 0 Å². The van der Waals surface area contributed by atoms with Crippen molar-refractivity contribution in [1.29, 1.82) is 0 Å². The first-order chi connectivity index (χ1) is 6.77. The smallest absolute Gasteiger partial charge is 0.168 e. The van der Waals surface area contributed by atoms with Gasteiger partial charge in [-0.3, -0.25) is 0 Å². The molecule has 1 aromatic carbocycles. The van der Waals surface area contributed by atoms with Crippen molar-refractivity contribution >= 4 is 10.7 Å². The Morgan fingerprint density at radius 2 is 1.93 bits per heavy atom. The Bertz CT molecular complexity index is 490. The Labute approximate surface area is 82.9 Å². The minimum Gasteiger partial charge on any atom is -0.464 e. The van der Waals surface area contributed by atoms with Crippen LogP contribution in [0.25, 0.3) is 11.3 Å². The zero-order valence-electron chi connectivity index (χ0n) is 7.21. The maximum absolute atomic E-state index is 10.7. The lowest BCUT2D eigenvalue weighted by Crippen LogP contribution is -1.81. The highest BCUT2D eigenvalue weighted by molar-refractivity contribution is 7.72. The third-order valence-electron chi connectivity index (χ3n) is 1.86. The van der Waals surface area contributed by atoms with Crippen molar-refractivity contribution in [3.8, 4) is 11.3 Å². The monoisotopic (exact) mass is 208 g/mol. The SMILES string of the molecule is O=[SH](=O)c1cccc(-c2ccco2)c1. The molecule has 72 valence electrons. The van der Waals surface area contributed by atoms with Crippen LogP contribution in [0.4, 0.5) is 0 Å². The van der Waals surface area contributed by atoms with Gasteiger partial charge in [0.15, 0.2) is 10.7 Å². The van der Waals surface area contributed by atoms with Crippen molar-refractivity contribution in [2.24, 2.45) is 0 Å². The van der Waals surface area contributed by atoms with Crippen LogP contribution in [0.2, 0.25) is 0 Å². The van der Waals surface area contributed by atoms with Gasteiger partial charge in [0, 0.05) is 5.56 Å². The summed E-state index contributed by atoms with van der Waals surface area (Å²) in [6, 6.07) is 10.2. The molecule has 0 N–H and O–H groups in total. The van der Waals surface area contributed by atoms with Gasteiger partial charge < -0.3 is 4.42 Å². The molecule has 4 heteroatoms. The molecule has 0 spiro atoms. The normalized spacial score (nSPS) is 10.6. The van der Waals surface area contributed by atoms with E-state index in [1.54, 1.807) is 42.7 Å². The quantitative estimate of drug-likeness (QED) is 0.767. The van der Waals surface area contributed by atoms with Crippen molar-refractivity contribution in [1.82, 2.24) is 0 Å². The van der Waals surface area contributed by atoms with Crippen LogP contribution in [0.15, 0.2) is 52.0 Å². The van der Waals surface area contributed by atoms with Gasteiger partial charge in [-0.05, 0) is 24.3 Å². The third kappa shape index (κ3) is 1.70. The van der Waals surface area contributed by atoms with Crippen LogP contribution >= 0.6 is 0 Å². The van der Waals surface area contributed by atoms with Crippen LogP contribution < -0.4 is 0 Å². The predicted molar refractivity (Wildman–Crippen MR) is 52.7 cm³/mol. The molecule has 0 saturated heterocycles. The summed E-state index contributed by atoms with van der Waals surface area (Å²) in [4.78, 5) is 0.300. The van der Waals surface area contributed by atoms with Gasteiger partial charge in [0.1, 0.15) is 5.76 Å². The van der Waals surface area contributed by atoms with E-state index in [1.165, 1.54) is 0 Å². The summed E-state index contributed by atoms with van der Waals surface area (Å²) in [7, 11) is -2.53. The Balaban J connectivity index is 2.51. The lowest BCUT2D eigenvalue weighted by Gasteiger charge is -1.96. The summed E-state index contributed by atoms with van der Waals surface area (Å²) in [5.74, 6) is 0.670. The van der Waals surface area contributed by atoms with E-state index in [2.05, 4.69) is 0 Å². The molecule has 0 unspecified atom stereocenters. The third-order valence-corrected chi connectivity index (χ3v) is 2.56. The number of hydrogen-bond donors (Lipinski definition) is 1. The summed E-state index contributed by atoms with van der Waals surface area (Å²) >= 11 is 0. The Hall–Kier alpha value is -1.55. The van der Waals surface area contributed by atoms with E-state index in [0.717, 1.165) is 5.56 Å². The van der Waals surface area contributed by atoms with Gasteiger partial charge in [-0.2, -0.15) is 0 Å². The minimum absolute atomic E-state index is 0.300. The van der Waals surface area contributed by atoms with Gasteiger partial charge in [-0.15, -0.1) is 0 Å². The number of benzene rings is 1. The van der Waals surface area contributed by atoms with Crippen LogP contribution in [0, 0.1) is 0 Å². The molecule has 0 aliphatic heterocycles. The lowest BCUT2D eigenvalue weighted by atomic mass is 10.2. The van der Waals surface area contributed by atoms with Crippen molar-refractivity contribution in [3.63, 3.8) is 0 Å². The van der Waals surface area contributed by atoms with Gasteiger partial charge in [0.2, 0.25) is 0 Å². The highest BCUT2D eigenvalue weighted by Crippen LogP contribution is 2.20. The van der Waals surface area contributed by atoms with Crippen LogP contribution in [0.5, 0.6) is 0 Å². The molecule has 2 rings (SSSR count).